The standard InChI is InChI=1S/C16H21ClN4O2/c1-4-20(11-16(2,3)23)15(22)19-13-8-5-7-12(17)14(13)21-10-6-9-18-21/h5-10,23H,4,11H2,1-3H3,(H,19,22). The Morgan fingerprint density at radius 2 is 2.17 bits per heavy atom. The van der Waals surface area contributed by atoms with E-state index in [0.29, 0.717) is 22.9 Å². The zero-order valence-electron chi connectivity index (χ0n) is 13.5. The van der Waals surface area contributed by atoms with E-state index in [4.69, 9.17) is 11.6 Å². The Balaban J connectivity index is 2.26. The second kappa shape index (κ2) is 7.02. The van der Waals surface area contributed by atoms with E-state index in [1.165, 1.54) is 4.90 Å². The first-order chi connectivity index (χ1) is 10.8. The number of aliphatic hydroxyl groups is 1. The Morgan fingerprint density at radius 3 is 2.74 bits per heavy atom. The number of nitrogens with zero attached hydrogens (tertiary/aromatic N) is 3. The zero-order valence-corrected chi connectivity index (χ0v) is 14.2. The van der Waals surface area contributed by atoms with Crippen molar-refractivity contribution in [3.05, 3.63) is 41.7 Å². The number of aromatic nitrogens is 2. The quantitative estimate of drug-likeness (QED) is 0.881. The molecule has 0 aliphatic rings. The van der Waals surface area contributed by atoms with Crippen molar-refractivity contribution in [3.8, 4) is 5.69 Å². The van der Waals surface area contributed by atoms with Crippen LogP contribution < -0.4 is 5.32 Å². The molecule has 124 valence electrons. The number of halogens is 1. The molecule has 2 amide bonds. The summed E-state index contributed by atoms with van der Waals surface area (Å²) in [6.07, 6.45) is 3.40. The van der Waals surface area contributed by atoms with Gasteiger partial charge >= 0.3 is 6.03 Å². The maximum Gasteiger partial charge on any atom is 0.321 e. The molecule has 1 aromatic carbocycles. The second-order valence-corrected chi connectivity index (χ2v) is 6.25. The van der Waals surface area contributed by atoms with E-state index in [1.807, 2.05) is 6.92 Å². The van der Waals surface area contributed by atoms with Crippen LogP contribution in [0.25, 0.3) is 5.69 Å². The van der Waals surface area contributed by atoms with Crippen LogP contribution in [0.4, 0.5) is 10.5 Å². The van der Waals surface area contributed by atoms with Crippen LogP contribution in [0.3, 0.4) is 0 Å². The van der Waals surface area contributed by atoms with Gasteiger partial charge in [0, 0.05) is 18.9 Å². The van der Waals surface area contributed by atoms with Gasteiger partial charge < -0.3 is 15.3 Å². The van der Waals surface area contributed by atoms with E-state index in [0.717, 1.165) is 0 Å². The lowest BCUT2D eigenvalue weighted by molar-refractivity contribution is 0.0501. The number of anilines is 1. The lowest BCUT2D eigenvalue weighted by Crippen LogP contribution is -2.44. The molecule has 0 spiro atoms. The SMILES string of the molecule is CCN(CC(C)(C)O)C(=O)Nc1cccc(Cl)c1-n1cccn1. The molecule has 2 N–H and O–H groups in total. The minimum absolute atomic E-state index is 0.229. The van der Waals surface area contributed by atoms with E-state index in [2.05, 4.69) is 10.4 Å². The van der Waals surface area contributed by atoms with Crippen molar-refractivity contribution in [2.45, 2.75) is 26.4 Å². The number of rotatable bonds is 5. The van der Waals surface area contributed by atoms with Gasteiger partial charge in [0.25, 0.3) is 0 Å². The summed E-state index contributed by atoms with van der Waals surface area (Å²) in [6.45, 7) is 5.90. The maximum atomic E-state index is 12.5. The number of hydrogen-bond acceptors (Lipinski definition) is 3. The molecule has 0 saturated heterocycles. The van der Waals surface area contributed by atoms with Crippen LogP contribution in [0.1, 0.15) is 20.8 Å². The second-order valence-electron chi connectivity index (χ2n) is 5.84. The first-order valence-corrected chi connectivity index (χ1v) is 7.76. The Labute approximate surface area is 140 Å². The number of amides is 2. The van der Waals surface area contributed by atoms with E-state index < -0.39 is 5.60 Å². The molecule has 0 fully saturated rings. The molecule has 1 heterocycles. The van der Waals surface area contributed by atoms with Gasteiger partial charge in [-0.15, -0.1) is 0 Å². The summed E-state index contributed by atoms with van der Waals surface area (Å²) in [4.78, 5) is 14.0. The first-order valence-electron chi connectivity index (χ1n) is 7.38. The molecule has 0 bridgehead atoms. The number of hydrogen-bond donors (Lipinski definition) is 2. The number of carbonyl (C=O) groups excluding carboxylic acids is 1. The molecule has 1 aromatic heterocycles. The van der Waals surface area contributed by atoms with Gasteiger partial charge in [0.1, 0.15) is 5.69 Å². The minimum Gasteiger partial charge on any atom is -0.389 e. The molecule has 0 atom stereocenters. The highest BCUT2D eigenvalue weighted by molar-refractivity contribution is 6.33. The van der Waals surface area contributed by atoms with Crippen LogP contribution in [0.2, 0.25) is 5.02 Å². The van der Waals surface area contributed by atoms with E-state index >= 15 is 0 Å². The highest BCUT2D eigenvalue weighted by atomic mass is 35.5. The van der Waals surface area contributed by atoms with Crippen LogP contribution in [0.15, 0.2) is 36.7 Å². The predicted octanol–water partition coefficient (Wildman–Crippen LogP) is 3.15. The van der Waals surface area contributed by atoms with Crippen molar-refractivity contribution in [1.82, 2.24) is 14.7 Å². The van der Waals surface area contributed by atoms with Crippen molar-refractivity contribution in [2.75, 3.05) is 18.4 Å². The molecule has 23 heavy (non-hydrogen) atoms. The van der Waals surface area contributed by atoms with Crippen LogP contribution in [0, 0.1) is 0 Å². The average molecular weight is 337 g/mol. The molecule has 0 saturated carbocycles. The normalized spacial score (nSPS) is 11.3. The Kier molecular flexibility index (Phi) is 5.28. The first kappa shape index (κ1) is 17.3. The van der Waals surface area contributed by atoms with E-state index in [9.17, 15) is 9.90 Å². The Hall–Kier alpha value is -2.05. The fourth-order valence-corrected chi connectivity index (χ4v) is 2.50. The number of carbonyl (C=O) groups is 1. The van der Waals surface area contributed by atoms with E-state index in [-0.39, 0.29) is 12.6 Å². The smallest absolute Gasteiger partial charge is 0.321 e. The summed E-state index contributed by atoms with van der Waals surface area (Å²) in [5.74, 6) is 0. The number of nitrogens with one attached hydrogen (secondary N) is 1. The molecular formula is C16H21ClN4O2. The molecule has 0 aliphatic carbocycles. The fourth-order valence-electron chi connectivity index (χ4n) is 2.24. The summed E-state index contributed by atoms with van der Waals surface area (Å²) in [7, 11) is 0. The van der Waals surface area contributed by atoms with Gasteiger partial charge in [0.05, 0.1) is 22.9 Å². The van der Waals surface area contributed by atoms with Gasteiger partial charge in [0.15, 0.2) is 0 Å². The van der Waals surface area contributed by atoms with Gasteiger partial charge in [-0.2, -0.15) is 5.10 Å². The largest absolute Gasteiger partial charge is 0.389 e. The molecular weight excluding hydrogens is 316 g/mol. The van der Waals surface area contributed by atoms with Crippen LogP contribution >= 0.6 is 11.6 Å². The number of urea groups is 1. The van der Waals surface area contributed by atoms with Gasteiger partial charge in [-0.25, -0.2) is 9.48 Å². The lowest BCUT2D eigenvalue weighted by Gasteiger charge is -2.28. The van der Waals surface area contributed by atoms with Gasteiger partial charge in [0.2, 0.25) is 0 Å². The third-order valence-corrected chi connectivity index (χ3v) is 3.51. The van der Waals surface area contributed by atoms with Crippen LogP contribution in [0.5, 0.6) is 0 Å². The third-order valence-electron chi connectivity index (χ3n) is 3.21. The summed E-state index contributed by atoms with van der Waals surface area (Å²) < 4.78 is 1.60. The summed E-state index contributed by atoms with van der Waals surface area (Å²) in [5, 5.41) is 17.4. The van der Waals surface area contributed by atoms with Crippen molar-refractivity contribution >= 4 is 23.3 Å². The predicted molar refractivity (Wildman–Crippen MR) is 91.1 cm³/mol. The Morgan fingerprint density at radius 1 is 1.43 bits per heavy atom. The van der Waals surface area contributed by atoms with Gasteiger partial charge in [-0.3, -0.25) is 0 Å². The van der Waals surface area contributed by atoms with Gasteiger partial charge in [-0.05, 0) is 39.0 Å². The van der Waals surface area contributed by atoms with Crippen molar-refractivity contribution in [2.24, 2.45) is 0 Å². The molecule has 7 heteroatoms. The van der Waals surface area contributed by atoms with E-state index in [1.54, 1.807) is 55.2 Å². The monoisotopic (exact) mass is 336 g/mol. The fraction of sp³-hybridized carbons (Fsp3) is 0.375. The van der Waals surface area contributed by atoms with Crippen molar-refractivity contribution in [1.29, 1.82) is 0 Å². The third kappa shape index (κ3) is 4.46. The van der Waals surface area contributed by atoms with Gasteiger partial charge in [-0.1, -0.05) is 17.7 Å². The highest BCUT2D eigenvalue weighted by Crippen LogP contribution is 2.28. The minimum atomic E-state index is -0.966. The number of para-hydroxylation sites is 1. The highest BCUT2D eigenvalue weighted by Gasteiger charge is 2.22. The van der Waals surface area contributed by atoms with Crippen molar-refractivity contribution < 1.29 is 9.90 Å². The average Bonchev–Trinajstić information content (AvgIpc) is 2.97. The lowest BCUT2D eigenvalue weighted by atomic mass is 10.1. The number of likely N-dealkylation sites (N-methyl/N-ethyl adjacent to an activating group) is 1. The molecule has 0 aliphatic heterocycles. The topological polar surface area (TPSA) is 70.4 Å². The van der Waals surface area contributed by atoms with Crippen molar-refractivity contribution in [3.63, 3.8) is 0 Å². The molecule has 0 unspecified atom stereocenters. The summed E-state index contributed by atoms with van der Waals surface area (Å²) in [5.41, 5.74) is 0.194. The molecule has 0 radical (unpaired) electrons. The van der Waals surface area contributed by atoms with Crippen LogP contribution in [-0.2, 0) is 0 Å². The maximum absolute atomic E-state index is 12.5. The zero-order chi connectivity index (χ0) is 17.0. The summed E-state index contributed by atoms with van der Waals surface area (Å²) >= 11 is 6.26. The molecule has 2 rings (SSSR count). The molecule has 2 aromatic rings. The molecule has 6 nitrogen and oxygen atoms in total. The number of benzene rings is 1. The van der Waals surface area contributed by atoms with Crippen LogP contribution in [-0.4, -0.2) is 44.5 Å². The summed E-state index contributed by atoms with van der Waals surface area (Å²) in [6, 6.07) is 6.74. The Bertz CT molecular complexity index is 665.